The number of esters is 1. The summed E-state index contributed by atoms with van der Waals surface area (Å²) in [5.74, 6) is -0.222. The van der Waals surface area contributed by atoms with Crippen LogP contribution in [-0.2, 0) is 9.53 Å². The normalized spacial score (nSPS) is 16.0. The molecule has 1 fully saturated rings. The molecule has 0 spiro atoms. The van der Waals surface area contributed by atoms with Gasteiger partial charge in [-0.2, -0.15) is 0 Å². The lowest BCUT2D eigenvalue weighted by atomic mass is 9.99. The minimum atomic E-state index is -0.490. The first-order chi connectivity index (χ1) is 13.1. The Bertz CT molecular complexity index is 783. The Morgan fingerprint density at radius 1 is 1.07 bits per heavy atom. The minimum Gasteiger partial charge on any atom is -0.468 e. The van der Waals surface area contributed by atoms with Crippen molar-refractivity contribution in [3.05, 3.63) is 71.3 Å². The molecule has 0 aromatic heterocycles. The Morgan fingerprint density at radius 2 is 1.78 bits per heavy atom. The van der Waals surface area contributed by atoms with Crippen LogP contribution >= 0.6 is 0 Å². The Morgan fingerprint density at radius 3 is 2.41 bits per heavy atom. The van der Waals surface area contributed by atoms with Gasteiger partial charge in [-0.25, -0.2) is 4.79 Å². The van der Waals surface area contributed by atoms with Crippen molar-refractivity contribution < 1.29 is 14.3 Å². The molecule has 27 heavy (non-hydrogen) atoms. The SMILES string of the molecule is COC(=O)[C@@H](NC1CCN(C(=O)c2ccccc2)CC1)c1cccc(C)c1. The van der Waals surface area contributed by atoms with E-state index in [1.807, 2.05) is 66.4 Å². The monoisotopic (exact) mass is 366 g/mol. The third-order valence-corrected chi connectivity index (χ3v) is 5.02. The Hall–Kier alpha value is -2.66. The van der Waals surface area contributed by atoms with E-state index in [-0.39, 0.29) is 17.9 Å². The maximum Gasteiger partial charge on any atom is 0.327 e. The molecule has 0 unspecified atom stereocenters. The molecule has 142 valence electrons. The largest absolute Gasteiger partial charge is 0.468 e. The van der Waals surface area contributed by atoms with Crippen molar-refractivity contribution in [3.8, 4) is 0 Å². The first kappa shape index (κ1) is 19.1. The van der Waals surface area contributed by atoms with Crippen LogP contribution in [0.5, 0.6) is 0 Å². The number of benzene rings is 2. The predicted octanol–water partition coefficient (Wildman–Crippen LogP) is 3.10. The zero-order chi connectivity index (χ0) is 19.2. The summed E-state index contributed by atoms with van der Waals surface area (Å²) in [5, 5.41) is 3.44. The van der Waals surface area contributed by atoms with Gasteiger partial charge in [-0.15, -0.1) is 0 Å². The zero-order valence-electron chi connectivity index (χ0n) is 15.9. The van der Waals surface area contributed by atoms with Crippen molar-refractivity contribution >= 4 is 11.9 Å². The van der Waals surface area contributed by atoms with Crippen molar-refractivity contribution in [3.63, 3.8) is 0 Å². The number of amides is 1. The molecule has 0 radical (unpaired) electrons. The van der Waals surface area contributed by atoms with E-state index < -0.39 is 6.04 Å². The van der Waals surface area contributed by atoms with Gasteiger partial charge in [-0.1, -0.05) is 48.0 Å². The van der Waals surface area contributed by atoms with E-state index in [0.717, 1.165) is 29.5 Å². The summed E-state index contributed by atoms with van der Waals surface area (Å²) in [5.41, 5.74) is 2.73. The number of piperidine rings is 1. The van der Waals surface area contributed by atoms with Crippen LogP contribution in [-0.4, -0.2) is 43.0 Å². The Kier molecular flexibility index (Phi) is 6.24. The zero-order valence-corrected chi connectivity index (χ0v) is 15.9. The second kappa shape index (κ2) is 8.82. The van der Waals surface area contributed by atoms with Gasteiger partial charge in [0, 0.05) is 24.7 Å². The van der Waals surface area contributed by atoms with Gasteiger partial charge in [0.15, 0.2) is 0 Å². The van der Waals surface area contributed by atoms with Crippen LogP contribution in [0.25, 0.3) is 0 Å². The van der Waals surface area contributed by atoms with E-state index in [1.54, 1.807) is 0 Å². The Balaban J connectivity index is 1.62. The average molecular weight is 366 g/mol. The summed E-state index contributed by atoms with van der Waals surface area (Å²) >= 11 is 0. The predicted molar refractivity (Wildman–Crippen MR) is 104 cm³/mol. The summed E-state index contributed by atoms with van der Waals surface area (Å²) in [6, 6.07) is 16.9. The van der Waals surface area contributed by atoms with E-state index in [2.05, 4.69) is 5.32 Å². The third kappa shape index (κ3) is 4.74. The molecule has 3 rings (SSSR count). The van der Waals surface area contributed by atoms with Gasteiger partial charge in [0.25, 0.3) is 5.91 Å². The van der Waals surface area contributed by atoms with Crippen LogP contribution in [0, 0.1) is 6.92 Å². The molecule has 0 aliphatic carbocycles. The van der Waals surface area contributed by atoms with Crippen LogP contribution in [0.3, 0.4) is 0 Å². The fraction of sp³-hybridized carbons (Fsp3) is 0.364. The standard InChI is InChI=1S/C22H26N2O3/c1-16-7-6-10-18(15-16)20(22(26)27-2)23-19-11-13-24(14-12-19)21(25)17-8-4-3-5-9-17/h3-10,15,19-20,23H,11-14H2,1-2H3/t20-/m0/s1. The van der Waals surface area contributed by atoms with Gasteiger partial charge in [0.1, 0.15) is 6.04 Å². The number of ether oxygens (including phenoxy) is 1. The topological polar surface area (TPSA) is 58.6 Å². The lowest BCUT2D eigenvalue weighted by molar-refractivity contribution is -0.143. The van der Waals surface area contributed by atoms with Gasteiger partial charge in [0.2, 0.25) is 0 Å². The highest BCUT2D eigenvalue weighted by Gasteiger charge is 2.29. The molecular formula is C22H26N2O3. The van der Waals surface area contributed by atoms with Crippen molar-refractivity contribution in [1.82, 2.24) is 10.2 Å². The maximum atomic E-state index is 12.6. The molecular weight excluding hydrogens is 340 g/mol. The molecule has 2 aromatic carbocycles. The molecule has 2 aromatic rings. The number of nitrogens with zero attached hydrogens (tertiary/aromatic N) is 1. The van der Waals surface area contributed by atoms with Gasteiger partial charge < -0.3 is 9.64 Å². The average Bonchev–Trinajstić information content (AvgIpc) is 2.72. The van der Waals surface area contributed by atoms with Crippen LogP contribution in [0.1, 0.15) is 40.4 Å². The second-order valence-corrected chi connectivity index (χ2v) is 6.97. The molecule has 5 nitrogen and oxygen atoms in total. The molecule has 1 amide bonds. The van der Waals surface area contributed by atoms with Gasteiger partial charge in [0.05, 0.1) is 7.11 Å². The van der Waals surface area contributed by atoms with Gasteiger partial charge >= 0.3 is 5.97 Å². The Labute approximate surface area is 160 Å². The summed E-state index contributed by atoms with van der Waals surface area (Å²) in [6.45, 7) is 3.35. The summed E-state index contributed by atoms with van der Waals surface area (Å²) < 4.78 is 5.00. The second-order valence-electron chi connectivity index (χ2n) is 6.97. The van der Waals surface area contributed by atoms with E-state index in [4.69, 9.17) is 4.74 Å². The van der Waals surface area contributed by atoms with Crippen molar-refractivity contribution in [2.75, 3.05) is 20.2 Å². The molecule has 0 bridgehead atoms. The number of methoxy groups -OCH3 is 1. The highest BCUT2D eigenvalue weighted by atomic mass is 16.5. The van der Waals surface area contributed by atoms with Crippen LogP contribution < -0.4 is 5.32 Å². The number of aryl methyl sites for hydroxylation is 1. The van der Waals surface area contributed by atoms with Crippen LogP contribution in [0.15, 0.2) is 54.6 Å². The number of hydrogen-bond acceptors (Lipinski definition) is 4. The fourth-order valence-corrected chi connectivity index (χ4v) is 3.52. The third-order valence-electron chi connectivity index (χ3n) is 5.02. The number of carbonyl (C=O) groups excluding carboxylic acids is 2. The smallest absolute Gasteiger partial charge is 0.327 e. The number of rotatable bonds is 5. The fourth-order valence-electron chi connectivity index (χ4n) is 3.52. The molecule has 1 saturated heterocycles. The number of likely N-dealkylation sites (tertiary alicyclic amines) is 1. The molecule has 0 saturated carbocycles. The molecule has 5 heteroatoms. The number of hydrogen-bond donors (Lipinski definition) is 1. The molecule has 1 heterocycles. The summed E-state index contributed by atoms with van der Waals surface area (Å²) in [7, 11) is 1.41. The lowest BCUT2D eigenvalue weighted by Crippen LogP contribution is -2.47. The first-order valence-corrected chi connectivity index (χ1v) is 9.33. The molecule has 1 aliphatic heterocycles. The molecule has 1 N–H and O–H groups in total. The van der Waals surface area contributed by atoms with Gasteiger partial charge in [-0.05, 0) is 37.5 Å². The number of nitrogens with one attached hydrogen (secondary N) is 1. The summed E-state index contributed by atoms with van der Waals surface area (Å²) in [6.07, 6.45) is 1.61. The van der Waals surface area contributed by atoms with Crippen LogP contribution in [0.4, 0.5) is 0 Å². The maximum absolute atomic E-state index is 12.6. The highest BCUT2D eigenvalue weighted by molar-refractivity contribution is 5.94. The van der Waals surface area contributed by atoms with E-state index >= 15 is 0 Å². The minimum absolute atomic E-state index is 0.0669. The lowest BCUT2D eigenvalue weighted by Gasteiger charge is -2.34. The van der Waals surface area contributed by atoms with Crippen molar-refractivity contribution in [2.24, 2.45) is 0 Å². The molecule has 1 atom stereocenters. The summed E-state index contributed by atoms with van der Waals surface area (Å²) in [4.78, 5) is 26.8. The van der Waals surface area contributed by atoms with Crippen molar-refractivity contribution in [1.29, 1.82) is 0 Å². The first-order valence-electron chi connectivity index (χ1n) is 9.33. The van der Waals surface area contributed by atoms with Crippen LogP contribution in [0.2, 0.25) is 0 Å². The van der Waals surface area contributed by atoms with E-state index in [1.165, 1.54) is 7.11 Å². The van der Waals surface area contributed by atoms with E-state index in [9.17, 15) is 9.59 Å². The quantitative estimate of drug-likeness (QED) is 0.826. The van der Waals surface area contributed by atoms with E-state index in [0.29, 0.717) is 13.1 Å². The molecule has 1 aliphatic rings. The number of carbonyl (C=O) groups is 2. The van der Waals surface area contributed by atoms with Crippen molar-refractivity contribution in [2.45, 2.75) is 31.8 Å². The highest BCUT2D eigenvalue weighted by Crippen LogP contribution is 2.21. The van der Waals surface area contributed by atoms with Gasteiger partial charge in [-0.3, -0.25) is 10.1 Å².